The van der Waals surface area contributed by atoms with Crippen LogP contribution in [0, 0.1) is 5.82 Å². The van der Waals surface area contributed by atoms with Gasteiger partial charge in [0.05, 0.1) is 19.3 Å². The van der Waals surface area contributed by atoms with Crippen LogP contribution in [0.1, 0.15) is 18.1 Å². The number of benzene rings is 1. The zero-order valence-electron chi connectivity index (χ0n) is 11.1. The van der Waals surface area contributed by atoms with Crippen molar-refractivity contribution in [2.75, 3.05) is 38.9 Å². The molecule has 0 fully saturated rings. The standard InChI is InChI=1S/C14H20BrFO3/c1-17-6-3-7-18-8-9-19-14(11-15)12-4-2-5-13(16)10-12/h2,4-5,10,14H,3,6-9,11H2,1H3. The molecule has 0 aliphatic carbocycles. The highest BCUT2D eigenvalue weighted by Crippen LogP contribution is 2.20. The van der Waals surface area contributed by atoms with Crippen LogP contribution in [0.4, 0.5) is 4.39 Å². The summed E-state index contributed by atoms with van der Waals surface area (Å²) >= 11 is 3.38. The first-order valence-electron chi connectivity index (χ1n) is 6.27. The number of hydrogen-bond donors (Lipinski definition) is 0. The van der Waals surface area contributed by atoms with Crippen LogP contribution in [0.5, 0.6) is 0 Å². The first kappa shape index (κ1) is 16.6. The second kappa shape index (κ2) is 10.3. The van der Waals surface area contributed by atoms with E-state index >= 15 is 0 Å². The molecule has 0 saturated carbocycles. The molecular weight excluding hydrogens is 315 g/mol. The van der Waals surface area contributed by atoms with Gasteiger partial charge in [-0.1, -0.05) is 28.1 Å². The molecule has 1 aromatic carbocycles. The fourth-order valence-electron chi connectivity index (χ4n) is 1.59. The topological polar surface area (TPSA) is 27.7 Å². The molecule has 3 nitrogen and oxygen atoms in total. The van der Waals surface area contributed by atoms with E-state index in [-0.39, 0.29) is 11.9 Å². The first-order valence-corrected chi connectivity index (χ1v) is 7.39. The molecular formula is C14H20BrFO3. The third-order valence-electron chi connectivity index (χ3n) is 2.54. The van der Waals surface area contributed by atoms with E-state index in [1.54, 1.807) is 13.2 Å². The van der Waals surface area contributed by atoms with Crippen LogP contribution in [0.2, 0.25) is 0 Å². The van der Waals surface area contributed by atoms with E-state index in [4.69, 9.17) is 14.2 Å². The number of methoxy groups -OCH3 is 1. The largest absolute Gasteiger partial charge is 0.385 e. The number of rotatable bonds is 10. The Kier molecular flexibility index (Phi) is 8.99. The van der Waals surface area contributed by atoms with E-state index in [0.29, 0.717) is 31.8 Å². The van der Waals surface area contributed by atoms with E-state index in [1.807, 2.05) is 6.07 Å². The molecule has 0 N–H and O–H groups in total. The van der Waals surface area contributed by atoms with Gasteiger partial charge in [-0.2, -0.15) is 0 Å². The molecule has 0 aromatic heterocycles. The molecule has 19 heavy (non-hydrogen) atoms. The first-order chi connectivity index (χ1) is 9.27. The summed E-state index contributed by atoms with van der Waals surface area (Å²) in [5, 5.41) is 0.625. The van der Waals surface area contributed by atoms with Crippen molar-refractivity contribution in [3.8, 4) is 0 Å². The van der Waals surface area contributed by atoms with Crippen molar-refractivity contribution in [3.05, 3.63) is 35.6 Å². The van der Waals surface area contributed by atoms with Crippen LogP contribution in [0.25, 0.3) is 0 Å². The quantitative estimate of drug-likeness (QED) is 0.485. The maximum absolute atomic E-state index is 13.1. The molecule has 0 radical (unpaired) electrons. The zero-order chi connectivity index (χ0) is 13.9. The van der Waals surface area contributed by atoms with E-state index < -0.39 is 0 Å². The Bertz CT molecular complexity index is 349. The second-order valence-electron chi connectivity index (χ2n) is 4.03. The lowest BCUT2D eigenvalue weighted by molar-refractivity contribution is 0.00970. The number of ether oxygens (including phenoxy) is 3. The van der Waals surface area contributed by atoms with Crippen molar-refractivity contribution in [1.29, 1.82) is 0 Å². The van der Waals surface area contributed by atoms with Gasteiger partial charge in [0.1, 0.15) is 5.82 Å². The zero-order valence-corrected chi connectivity index (χ0v) is 12.7. The van der Waals surface area contributed by atoms with Crippen LogP contribution in [0.3, 0.4) is 0 Å². The molecule has 1 unspecified atom stereocenters. The molecule has 0 amide bonds. The molecule has 0 bridgehead atoms. The third-order valence-corrected chi connectivity index (χ3v) is 3.13. The lowest BCUT2D eigenvalue weighted by atomic mass is 10.1. The maximum Gasteiger partial charge on any atom is 0.123 e. The molecule has 1 rings (SSSR count). The van der Waals surface area contributed by atoms with Crippen molar-refractivity contribution in [1.82, 2.24) is 0 Å². The Labute approximate surface area is 122 Å². The van der Waals surface area contributed by atoms with E-state index in [1.165, 1.54) is 12.1 Å². The van der Waals surface area contributed by atoms with Crippen molar-refractivity contribution >= 4 is 15.9 Å². The summed E-state index contributed by atoms with van der Waals surface area (Å²) in [5.74, 6) is -0.247. The Balaban J connectivity index is 2.22. The Morgan fingerprint density at radius 3 is 2.74 bits per heavy atom. The van der Waals surface area contributed by atoms with E-state index in [2.05, 4.69) is 15.9 Å². The smallest absolute Gasteiger partial charge is 0.123 e. The van der Waals surface area contributed by atoms with E-state index in [0.717, 1.165) is 12.0 Å². The van der Waals surface area contributed by atoms with Crippen molar-refractivity contribution in [3.63, 3.8) is 0 Å². The highest BCUT2D eigenvalue weighted by molar-refractivity contribution is 9.09. The fourth-order valence-corrected chi connectivity index (χ4v) is 2.15. The summed E-state index contributed by atoms with van der Waals surface area (Å²) < 4.78 is 29.1. The van der Waals surface area contributed by atoms with Gasteiger partial charge in [-0.25, -0.2) is 4.39 Å². The molecule has 0 aliphatic rings. The van der Waals surface area contributed by atoms with E-state index in [9.17, 15) is 4.39 Å². The van der Waals surface area contributed by atoms with Gasteiger partial charge in [0.2, 0.25) is 0 Å². The van der Waals surface area contributed by atoms with Crippen LogP contribution in [-0.2, 0) is 14.2 Å². The summed E-state index contributed by atoms with van der Waals surface area (Å²) in [7, 11) is 1.67. The SMILES string of the molecule is COCCCOCCOC(CBr)c1cccc(F)c1. The Morgan fingerprint density at radius 2 is 2.05 bits per heavy atom. The molecule has 108 valence electrons. The maximum atomic E-state index is 13.1. The van der Waals surface area contributed by atoms with Gasteiger partial charge in [-0.15, -0.1) is 0 Å². The summed E-state index contributed by atoms with van der Waals surface area (Å²) in [4.78, 5) is 0. The number of alkyl halides is 1. The predicted molar refractivity (Wildman–Crippen MR) is 76.2 cm³/mol. The molecule has 0 spiro atoms. The average Bonchev–Trinajstić information content (AvgIpc) is 2.42. The predicted octanol–water partition coefficient (Wildman–Crippen LogP) is 3.33. The van der Waals surface area contributed by atoms with Crippen molar-refractivity contribution < 1.29 is 18.6 Å². The summed E-state index contributed by atoms with van der Waals surface area (Å²) in [6.07, 6.45) is 0.723. The molecule has 0 saturated heterocycles. The van der Waals surface area contributed by atoms with Gasteiger partial charge in [-0.3, -0.25) is 0 Å². The minimum Gasteiger partial charge on any atom is -0.385 e. The molecule has 0 heterocycles. The highest BCUT2D eigenvalue weighted by atomic mass is 79.9. The fraction of sp³-hybridized carbons (Fsp3) is 0.571. The van der Waals surface area contributed by atoms with Crippen LogP contribution >= 0.6 is 15.9 Å². The van der Waals surface area contributed by atoms with Crippen molar-refractivity contribution in [2.45, 2.75) is 12.5 Å². The highest BCUT2D eigenvalue weighted by Gasteiger charge is 2.10. The average molecular weight is 335 g/mol. The van der Waals surface area contributed by atoms with Gasteiger partial charge >= 0.3 is 0 Å². The second-order valence-corrected chi connectivity index (χ2v) is 4.67. The molecule has 1 atom stereocenters. The molecule has 0 aliphatic heterocycles. The van der Waals surface area contributed by atoms with Crippen LogP contribution < -0.4 is 0 Å². The lowest BCUT2D eigenvalue weighted by Crippen LogP contribution is -2.12. The van der Waals surface area contributed by atoms with Crippen LogP contribution in [-0.4, -0.2) is 38.9 Å². The normalized spacial score (nSPS) is 12.6. The van der Waals surface area contributed by atoms with Gasteiger partial charge in [-0.05, 0) is 24.1 Å². The van der Waals surface area contributed by atoms with Gasteiger partial charge in [0.15, 0.2) is 0 Å². The van der Waals surface area contributed by atoms with Crippen LogP contribution in [0.15, 0.2) is 24.3 Å². The Hall–Kier alpha value is -0.490. The van der Waals surface area contributed by atoms with Gasteiger partial charge < -0.3 is 14.2 Å². The number of hydrogen-bond acceptors (Lipinski definition) is 3. The van der Waals surface area contributed by atoms with Crippen molar-refractivity contribution in [2.24, 2.45) is 0 Å². The molecule has 5 heteroatoms. The van der Waals surface area contributed by atoms with Gasteiger partial charge in [0.25, 0.3) is 0 Å². The lowest BCUT2D eigenvalue weighted by Gasteiger charge is -2.16. The summed E-state index contributed by atoms with van der Waals surface area (Å²) in [6, 6.07) is 6.46. The monoisotopic (exact) mass is 334 g/mol. The summed E-state index contributed by atoms with van der Waals surface area (Å²) in [5.41, 5.74) is 0.830. The van der Waals surface area contributed by atoms with Gasteiger partial charge in [0, 0.05) is 25.7 Å². The Morgan fingerprint density at radius 1 is 1.21 bits per heavy atom. The number of halogens is 2. The molecule has 1 aromatic rings. The third kappa shape index (κ3) is 7.01. The summed E-state index contributed by atoms with van der Waals surface area (Å²) in [6.45, 7) is 2.38. The minimum atomic E-state index is -0.247. The minimum absolute atomic E-state index is 0.154.